The molecule has 1 heterocycles. The fourth-order valence-electron chi connectivity index (χ4n) is 4.13. The molecule has 39 heavy (non-hydrogen) atoms. The molecule has 1 aliphatic heterocycles. The van der Waals surface area contributed by atoms with Crippen LogP contribution in [0.1, 0.15) is 22.8 Å². The Morgan fingerprint density at radius 3 is 2.49 bits per heavy atom. The van der Waals surface area contributed by atoms with Gasteiger partial charge in [-0.2, -0.15) is 0 Å². The molecule has 10 heteroatoms. The Morgan fingerprint density at radius 2 is 1.79 bits per heavy atom. The largest absolute Gasteiger partial charge is 0.493 e. The second-order valence-corrected chi connectivity index (χ2v) is 10.4. The van der Waals surface area contributed by atoms with Gasteiger partial charge in [-0.3, -0.25) is 14.9 Å². The summed E-state index contributed by atoms with van der Waals surface area (Å²) in [5.74, 6) is 0.292. The second-order valence-electron chi connectivity index (χ2n) is 8.70. The zero-order valence-corrected chi connectivity index (χ0v) is 24.5. The fourth-order valence-corrected chi connectivity index (χ4v) is 5.00. The highest BCUT2D eigenvalue weighted by Crippen LogP contribution is 2.30. The van der Waals surface area contributed by atoms with E-state index in [1.807, 2.05) is 54.3 Å². The van der Waals surface area contributed by atoms with Crippen LogP contribution in [0.5, 0.6) is 5.75 Å². The molecule has 1 saturated heterocycles. The number of thiocarbonyl (C=S) groups is 1. The third-order valence-electron chi connectivity index (χ3n) is 6.08. The van der Waals surface area contributed by atoms with Gasteiger partial charge < -0.3 is 19.9 Å². The zero-order chi connectivity index (χ0) is 27.8. The standard InChI is InChI=1S/C29H28BrClN4O3S/c1-2-38-26-12-9-21(18-23(26)30)28(37)33-29(39)32-24-19-22(31)10-11-25(24)34-14-16-35(17-15-34)27(36)13-8-20-6-4-3-5-7-20/h3-13,18-19H,2,14-17H2,1H3,(H2,32,33,37,39)/b13-8+. The maximum absolute atomic E-state index is 12.8. The predicted molar refractivity (Wildman–Crippen MR) is 165 cm³/mol. The molecule has 4 rings (SSSR count). The van der Waals surface area contributed by atoms with E-state index in [0.29, 0.717) is 59.3 Å². The lowest BCUT2D eigenvalue weighted by Gasteiger charge is -2.36. The van der Waals surface area contributed by atoms with E-state index in [0.717, 1.165) is 11.3 Å². The van der Waals surface area contributed by atoms with Gasteiger partial charge in [0.2, 0.25) is 5.91 Å². The van der Waals surface area contributed by atoms with Crippen LogP contribution < -0.4 is 20.3 Å². The monoisotopic (exact) mass is 626 g/mol. The minimum Gasteiger partial charge on any atom is -0.493 e. The highest BCUT2D eigenvalue weighted by Gasteiger charge is 2.22. The first-order valence-electron chi connectivity index (χ1n) is 12.4. The molecule has 202 valence electrons. The first kappa shape index (κ1) is 28.6. The van der Waals surface area contributed by atoms with Crippen LogP contribution in [0.2, 0.25) is 5.02 Å². The summed E-state index contributed by atoms with van der Waals surface area (Å²) in [6.07, 6.45) is 3.45. The number of halogens is 2. The van der Waals surface area contributed by atoms with E-state index in [4.69, 9.17) is 28.6 Å². The van der Waals surface area contributed by atoms with Crippen molar-refractivity contribution in [3.05, 3.63) is 93.4 Å². The maximum atomic E-state index is 12.8. The Balaban J connectivity index is 1.37. The minimum atomic E-state index is -0.351. The van der Waals surface area contributed by atoms with Gasteiger partial charge in [0, 0.05) is 42.8 Å². The van der Waals surface area contributed by atoms with Gasteiger partial charge in [-0.15, -0.1) is 0 Å². The maximum Gasteiger partial charge on any atom is 0.257 e. The molecule has 3 aromatic carbocycles. The van der Waals surface area contributed by atoms with Crippen LogP contribution in [-0.2, 0) is 4.79 Å². The molecular weight excluding hydrogens is 600 g/mol. The molecule has 2 N–H and O–H groups in total. The van der Waals surface area contributed by atoms with Gasteiger partial charge in [-0.05, 0) is 83.1 Å². The number of hydrogen-bond donors (Lipinski definition) is 2. The smallest absolute Gasteiger partial charge is 0.257 e. The highest BCUT2D eigenvalue weighted by molar-refractivity contribution is 9.10. The van der Waals surface area contributed by atoms with Gasteiger partial charge in [0.15, 0.2) is 5.11 Å². The number of anilines is 2. The molecule has 0 saturated carbocycles. The van der Waals surface area contributed by atoms with E-state index in [1.165, 1.54) is 0 Å². The van der Waals surface area contributed by atoms with Crippen LogP contribution in [0, 0.1) is 0 Å². The topological polar surface area (TPSA) is 73.9 Å². The quantitative estimate of drug-likeness (QED) is 0.248. The van der Waals surface area contributed by atoms with E-state index < -0.39 is 0 Å². The molecule has 0 aliphatic carbocycles. The summed E-state index contributed by atoms with van der Waals surface area (Å²) < 4.78 is 6.19. The van der Waals surface area contributed by atoms with Crippen molar-refractivity contribution in [2.45, 2.75) is 6.92 Å². The van der Waals surface area contributed by atoms with Crippen molar-refractivity contribution < 1.29 is 14.3 Å². The molecule has 0 radical (unpaired) electrons. The van der Waals surface area contributed by atoms with Crippen molar-refractivity contribution in [3.63, 3.8) is 0 Å². The molecule has 0 aromatic heterocycles. The number of carbonyl (C=O) groups excluding carboxylic acids is 2. The van der Waals surface area contributed by atoms with Gasteiger partial charge in [0.1, 0.15) is 5.75 Å². The van der Waals surface area contributed by atoms with E-state index in [-0.39, 0.29) is 16.9 Å². The molecule has 0 atom stereocenters. The summed E-state index contributed by atoms with van der Waals surface area (Å²) in [6, 6.07) is 20.3. The molecule has 7 nitrogen and oxygen atoms in total. The Morgan fingerprint density at radius 1 is 1.05 bits per heavy atom. The van der Waals surface area contributed by atoms with E-state index in [1.54, 1.807) is 36.4 Å². The Hall–Kier alpha value is -3.40. The lowest BCUT2D eigenvalue weighted by molar-refractivity contribution is -0.126. The number of carbonyl (C=O) groups is 2. The number of piperazine rings is 1. The third-order valence-corrected chi connectivity index (χ3v) is 7.14. The van der Waals surface area contributed by atoms with Crippen LogP contribution in [0.15, 0.2) is 77.3 Å². The number of benzene rings is 3. The van der Waals surface area contributed by atoms with E-state index in [9.17, 15) is 9.59 Å². The summed E-state index contributed by atoms with van der Waals surface area (Å²) in [4.78, 5) is 29.5. The van der Waals surface area contributed by atoms with Gasteiger partial charge in [0.25, 0.3) is 5.91 Å². The summed E-state index contributed by atoms with van der Waals surface area (Å²) in [5, 5.41) is 6.51. The van der Waals surface area contributed by atoms with Crippen LogP contribution >= 0.6 is 39.7 Å². The van der Waals surface area contributed by atoms with Crippen molar-refractivity contribution in [1.82, 2.24) is 10.2 Å². The van der Waals surface area contributed by atoms with E-state index in [2.05, 4.69) is 31.5 Å². The van der Waals surface area contributed by atoms with Crippen molar-refractivity contribution in [2.24, 2.45) is 0 Å². The summed E-state index contributed by atoms with van der Waals surface area (Å²) in [7, 11) is 0. The molecule has 0 unspecified atom stereocenters. The number of hydrogen-bond acceptors (Lipinski definition) is 5. The highest BCUT2D eigenvalue weighted by atomic mass is 79.9. The Bertz CT molecular complexity index is 1380. The number of nitrogens with zero attached hydrogens (tertiary/aromatic N) is 2. The van der Waals surface area contributed by atoms with Crippen LogP contribution in [0.4, 0.5) is 11.4 Å². The van der Waals surface area contributed by atoms with Crippen molar-refractivity contribution in [3.8, 4) is 5.75 Å². The molecule has 1 fully saturated rings. The molecule has 0 bridgehead atoms. The number of rotatable bonds is 7. The number of ether oxygens (including phenoxy) is 1. The Kier molecular flexibility index (Phi) is 9.97. The molecule has 1 aliphatic rings. The first-order valence-corrected chi connectivity index (χ1v) is 14.0. The first-order chi connectivity index (χ1) is 18.8. The van der Waals surface area contributed by atoms with Crippen LogP contribution in [-0.4, -0.2) is 54.6 Å². The average molecular weight is 628 g/mol. The van der Waals surface area contributed by atoms with Crippen LogP contribution in [0.25, 0.3) is 6.08 Å². The summed E-state index contributed by atoms with van der Waals surface area (Å²) in [6.45, 7) is 4.85. The lowest BCUT2D eigenvalue weighted by Crippen LogP contribution is -2.48. The average Bonchev–Trinajstić information content (AvgIpc) is 2.93. The molecule has 3 aromatic rings. The SMILES string of the molecule is CCOc1ccc(C(=O)NC(=S)Nc2cc(Cl)ccc2N2CCN(C(=O)/C=C/c3ccccc3)CC2)cc1Br. The summed E-state index contributed by atoms with van der Waals surface area (Å²) >= 11 is 15.1. The zero-order valence-electron chi connectivity index (χ0n) is 21.3. The molecule has 2 amide bonds. The second kappa shape index (κ2) is 13.6. The van der Waals surface area contributed by atoms with Gasteiger partial charge in [0.05, 0.1) is 22.5 Å². The van der Waals surface area contributed by atoms with Gasteiger partial charge in [-0.25, -0.2) is 0 Å². The van der Waals surface area contributed by atoms with Gasteiger partial charge in [-0.1, -0.05) is 41.9 Å². The summed E-state index contributed by atoms with van der Waals surface area (Å²) in [5.41, 5.74) is 2.97. The van der Waals surface area contributed by atoms with Gasteiger partial charge >= 0.3 is 0 Å². The fraction of sp³-hybridized carbons (Fsp3) is 0.207. The Labute approximate surface area is 246 Å². The normalized spacial score (nSPS) is 13.3. The number of amides is 2. The number of nitrogens with one attached hydrogen (secondary N) is 2. The lowest BCUT2D eigenvalue weighted by atomic mass is 10.2. The van der Waals surface area contributed by atoms with Crippen molar-refractivity contribution in [1.29, 1.82) is 0 Å². The van der Waals surface area contributed by atoms with Crippen molar-refractivity contribution >= 4 is 74.1 Å². The van der Waals surface area contributed by atoms with Crippen molar-refractivity contribution in [2.75, 3.05) is 43.0 Å². The molecule has 0 spiro atoms. The van der Waals surface area contributed by atoms with Crippen LogP contribution in [0.3, 0.4) is 0 Å². The minimum absolute atomic E-state index is 0.0160. The van der Waals surface area contributed by atoms with E-state index >= 15 is 0 Å². The molecular formula is C29H28BrClN4O3S. The predicted octanol–water partition coefficient (Wildman–Crippen LogP) is 5.99. The third kappa shape index (κ3) is 7.81.